The van der Waals surface area contributed by atoms with E-state index in [2.05, 4.69) is 0 Å². The summed E-state index contributed by atoms with van der Waals surface area (Å²) in [4.78, 5) is 0.322. The number of nitrogens with two attached hydrogens (primary N) is 1. The standard InChI is InChI=1S/C11H16ClNO2S2/c1-9(13)8-16-6-7-17(14,15)11-4-2-10(12)3-5-11/h2-5,9H,6-8,13H2,1H3. The van der Waals surface area contributed by atoms with Crippen LogP contribution in [-0.2, 0) is 9.84 Å². The van der Waals surface area contributed by atoms with Crippen LogP contribution in [0.5, 0.6) is 0 Å². The molecule has 1 atom stereocenters. The maximum atomic E-state index is 11.9. The number of benzene rings is 1. The van der Waals surface area contributed by atoms with E-state index in [0.717, 1.165) is 5.75 Å². The predicted molar refractivity (Wildman–Crippen MR) is 74.5 cm³/mol. The minimum atomic E-state index is -3.20. The first-order valence-corrected chi connectivity index (χ1v) is 8.42. The Morgan fingerprint density at radius 3 is 2.47 bits per heavy atom. The summed E-state index contributed by atoms with van der Waals surface area (Å²) in [5.41, 5.74) is 5.59. The van der Waals surface area contributed by atoms with Gasteiger partial charge >= 0.3 is 0 Å². The van der Waals surface area contributed by atoms with Gasteiger partial charge in [-0.3, -0.25) is 0 Å². The third kappa shape index (κ3) is 5.29. The van der Waals surface area contributed by atoms with E-state index < -0.39 is 9.84 Å². The Morgan fingerprint density at radius 2 is 1.94 bits per heavy atom. The second kappa shape index (κ2) is 6.64. The van der Waals surface area contributed by atoms with Crippen LogP contribution in [0, 0.1) is 0 Å². The van der Waals surface area contributed by atoms with E-state index in [-0.39, 0.29) is 11.8 Å². The molecule has 0 aliphatic carbocycles. The molecular formula is C11H16ClNO2S2. The van der Waals surface area contributed by atoms with E-state index in [1.54, 1.807) is 23.9 Å². The molecule has 17 heavy (non-hydrogen) atoms. The summed E-state index contributed by atoms with van der Waals surface area (Å²) in [5.74, 6) is 1.47. The maximum Gasteiger partial charge on any atom is 0.179 e. The Kier molecular flexibility index (Phi) is 5.79. The monoisotopic (exact) mass is 293 g/mol. The van der Waals surface area contributed by atoms with Crippen molar-refractivity contribution in [2.24, 2.45) is 5.73 Å². The number of halogens is 1. The van der Waals surface area contributed by atoms with Crippen molar-refractivity contribution in [3.05, 3.63) is 29.3 Å². The summed E-state index contributed by atoms with van der Waals surface area (Å²) in [6, 6.07) is 6.34. The average Bonchev–Trinajstić information content (AvgIpc) is 2.25. The molecule has 0 fully saturated rings. The highest BCUT2D eigenvalue weighted by atomic mass is 35.5. The molecule has 3 nitrogen and oxygen atoms in total. The summed E-state index contributed by atoms with van der Waals surface area (Å²) in [5, 5.41) is 0.537. The Labute approximate surface area is 112 Å². The first-order chi connectivity index (χ1) is 7.92. The highest BCUT2D eigenvalue weighted by Gasteiger charge is 2.13. The van der Waals surface area contributed by atoms with E-state index in [1.807, 2.05) is 6.92 Å². The van der Waals surface area contributed by atoms with Crippen LogP contribution >= 0.6 is 23.4 Å². The predicted octanol–water partition coefficient (Wildman–Crippen LogP) is 2.19. The number of sulfone groups is 1. The summed E-state index contributed by atoms with van der Waals surface area (Å²) >= 11 is 7.27. The van der Waals surface area contributed by atoms with Crippen LogP contribution in [0.15, 0.2) is 29.2 Å². The van der Waals surface area contributed by atoms with Crippen LogP contribution in [-0.4, -0.2) is 31.7 Å². The van der Waals surface area contributed by atoms with Crippen LogP contribution in [0.1, 0.15) is 6.92 Å². The molecule has 0 radical (unpaired) electrons. The molecule has 1 aromatic carbocycles. The Morgan fingerprint density at radius 1 is 1.35 bits per heavy atom. The van der Waals surface area contributed by atoms with Gasteiger partial charge in [-0.1, -0.05) is 11.6 Å². The molecule has 0 heterocycles. The first kappa shape index (κ1) is 14.8. The minimum Gasteiger partial charge on any atom is -0.327 e. The highest BCUT2D eigenvalue weighted by Crippen LogP contribution is 2.16. The van der Waals surface area contributed by atoms with Crippen LogP contribution in [0.4, 0.5) is 0 Å². The third-order valence-electron chi connectivity index (χ3n) is 2.05. The van der Waals surface area contributed by atoms with Gasteiger partial charge in [-0.15, -0.1) is 0 Å². The molecule has 0 bridgehead atoms. The topological polar surface area (TPSA) is 60.2 Å². The van der Waals surface area contributed by atoms with Gasteiger partial charge < -0.3 is 5.73 Å². The fourth-order valence-corrected chi connectivity index (χ4v) is 4.00. The van der Waals surface area contributed by atoms with E-state index in [9.17, 15) is 8.42 Å². The summed E-state index contributed by atoms with van der Waals surface area (Å²) in [7, 11) is -3.20. The van der Waals surface area contributed by atoms with Gasteiger partial charge in [-0.25, -0.2) is 8.42 Å². The fraction of sp³-hybridized carbons (Fsp3) is 0.455. The van der Waals surface area contributed by atoms with Crippen LogP contribution < -0.4 is 5.73 Å². The van der Waals surface area contributed by atoms with Crippen molar-refractivity contribution < 1.29 is 8.42 Å². The second-order valence-electron chi connectivity index (χ2n) is 3.82. The fourth-order valence-electron chi connectivity index (χ4n) is 1.20. The van der Waals surface area contributed by atoms with Crippen molar-refractivity contribution in [3.63, 3.8) is 0 Å². The van der Waals surface area contributed by atoms with Gasteiger partial charge in [0.1, 0.15) is 0 Å². The molecule has 1 aromatic rings. The van der Waals surface area contributed by atoms with Crippen molar-refractivity contribution in [2.75, 3.05) is 17.3 Å². The van der Waals surface area contributed by atoms with Gasteiger partial charge in [0, 0.05) is 22.6 Å². The lowest BCUT2D eigenvalue weighted by molar-refractivity contribution is 0.597. The quantitative estimate of drug-likeness (QED) is 0.817. The maximum absolute atomic E-state index is 11.9. The molecule has 0 saturated carbocycles. The minimum absolute atomic E-state index is 0.0956. The van der Waals surface area contributed by atoms with Crippen molar-refractivity contribution in [3.8, 4) is 0 Å². The normalized spacial score (nSPS) is 13.6. The van der Waals surface area contributed by atoms with Crippen molar-refractivity contribution >= 4 is 33.2 Å². The summed E-state index contributed by atoms with van der Waals surface area (Å²) in [6.07, 6.45) is 0. The number of hydrogen-bond donors (Lipinski definition) is 1. The average molecular weight is 294 g/mol. The first-order valence-electron chi connectivity index (χ1n) is 5.23. The van der Waals surface area contributed by atoms with Crippen molar-refractivity contribution in [2.45, 2.75) is 17.9 Å². The molecule has 0 saturated heterocycles. The molecule has 6 heteroatoms. The summed E-state index contributed by atoms with van der Waals surface area (Å²) < 4.78 is 23.8. The van der Waals surface area contributed by atoms with Gasteiger partial charge in [0.05, 0.1) is 10.6 Å². The van der Waals surface area contributed by atoms with E-state index in [4.69, 9.17) is 17.3 Å². The molecule has 0 aromatic heterocycles. The van der Waals surface area contributed by atoms with Crippen molar-refractivity contribution in [1.29, 1.82) is 0 Å². The van der Waals surface area contributed by atoms with Crippen LogP contribution in [0.25, 0.3) is 0 Å². The number of hydrogen-bond acceptors (Lipinski definition) is 4. The molecule has 1 unspecified atom stereocenters. The molecular weight excluding hydrogens is 278 g/mol. The van der Waals surface area contributed by atoms with E-state index in [1.165, 1.54) is 12.1 Å². The van der Waals surface area contributed by atoms with Crippen LogP contribution in [0.3, 0.4) is 0 Å². The largest absolute Gasteiger partial charge is 0.327 e. The van der Waals surface area contributed by atoms with Crippen LogP contribution in [0.2, 0.25) is 5.02 Å². The lowest BCUT2D eigenvalue weighted by atomic mass is 10.4. The van der Waals surface area contributed by atoms with Gasteiger partial charge in [0.15, 0.2) is 9.84 Å². The molecule has 96 valence electrons. The zero-order valence-electron chi connectivity index (χ0n) is 9.60. The number of thioether (sulfide) groups is 1. The SMILES string of the molecule is CC(N)CSCCS(=O)(=O)c1ccc(Cl)cc1. The van der Waals surface area contributed by atoms with Gasteiger partial charge in [-0.05, 0) is 31.2 Å². The Balaban J connectivity index is 2.54. The molecule has 2 N–H and O–H groups in total. The zero-order chi connectivity index (χ0) is 12.9. The highest BCUT2D eigenvalue weighted by molar-refractivity contribution is 8.00. The third-order valence-corrected chi connectivity index (χ3v) is 5.55. The van der Waals surface area contributed by atoms with E-state index >= 15 is 0 Å². The second-order valence-corrected chi connectivity index (χ2v) is 7.52. The van der Waals surface area contributed by atoms with Gasteiger partial charge in [0.2, 0.25) is 0 Å². The Hall–Kier alpha value is -0.230. The molecule has 0 aliphatic heterocycles. The molecule has 0 aliphatic rings. The number of rotatable bonds is 6. The Bertz CT molecular complexity index is 443. The van der Waals surface area contributed by atoms with Gasteiger partial charge in [0.25, 0.3) is 0 Å². The molecule has 0 spiro atoms. The lowest BCUT2D eigenvalue weighted by Gasteiger charge is -2.06. The zero-order valence-corrected chi connectivity index (χ0v) is 12.0. The summed E-state index contributed by atoms with van der Waals surface area (Å²) in [6.45, 7) is 1.90. The van der Waals surface area contributed by atoms with Crippen molar-refractivity contribution in [1.82, 2.24) is 0 Å². The van der Waals surface area contributed by atoms with E-state index in [0.29, 0.717) is 15.7 Å². The van der Waals surface area contributed by atoms with Gasteiger partial charge in [-0.2, -0.15) is 11.8 Å². The molecule has 0 amide bonds. The smallest absolute Gasteiger partial charge is 0.179 e. The lowest BCUT2D eigenvalue weighted by Crippen LogP contribution is -2.18. The molecule has 1 rings (SSSR count).